The second kappa shape index (κ2) is 7.77. The Bertz CT molecular complexity index is 1270. The molecular weight excluding hydrogens is 439 g/mol. The van der Waals surface area contributed by atoms with Crippen molar-refractivity contribution in [3.05, 3.63) is 52.5 Å². The number of H-pyrrole nitrogens is 1. The van der Waals surface area contributed by atoms with Gasteiger partial charge in [0.1, 0.15) is 5.52 Å². The second-order valence-corrected chi connectivity index (χ2v) is 7.81. The molecule has 0 aliphatic rings. The summed E-state index contributed by atoms with van der Waals surface area (Å²) in [6.07, 6.45) is -4.69. The third-order valence-electron chi connectivity index (χ3n) is 4.25. The largest absolute Gasteiger partial charge is 0.419 e. The number of alkyl halides is 3. The van der Waals surface area contributed by atoms with Crippen LogP contribution in [0.1, 0.15) is 11.1 Å². The highest BCUT2D eigenvalue weighted by molar-refractivity contribution is 7.99. The lowest BCUT2D eigenvalue weighted by molar-refractivity contribution is -0.136. The quantitative estimate of drug-likeness (QED) is 0.416. The fourth-order valence-electron chi connectivity index (χ4n) is 2.96. The van der Waals surface area contributed by atoms with Crippen LogP contribution in [0.2, 0.25) is 5.02 Å². The number of hydrogen-bond donors (Lipinski definition) is 2. The highest BCUT2D eigenvalue weighted by Gasteiger charge is 2.36. The zero-order chi connectivity index (χ0) is 21.5. The van der Waals surface area contributed by atoms with Gasteiger partial charge >= 0.3 is 6.18 Å². The third kappa shape index (κ3) is 4.05. The van der Waals surface area contributed by atoms with Gasteiger partial charge in [0.25, 0.3) is 0 Å². The number of aromatic nitrogens is 4. The maximum Gasteiger partial charge on any atom is 0.419 e. The topological polar surface area (TPSA) is 83.6 Å². The highest BCUT2D eigenvalue weighted by atomic mass is 35.5. The van der Waals surface area contributed by atoms with Crippen LogP contribution in [0.4, 0.5) is 18.9 Å². The molecule has 30 heavy (non-hydrogen) atoms. The smallest absolute Gasteiger partial charge is 0.338 e. The number of anilines is 1. The lowest BCUT2D eigenvalue weighted by Gasteiger charge is -2.15. The van der Waals surface area contributed by atoms with Gasteiger partial charge in [-0.3, -0.25) is 4.79 Å². The molecule has 2 heterocycles. The first-order chi connectivity index (χ1) is 14.2. The van der Waals surface area contributed by atoms with E-state index in [1.54, 1.807) is 0 Å². The van der Waals surface area contributed by atoms with Gasteiger partial charge in [-0.15, -0.1) is 10.2 Å². The Balaban J connectivity index is 1.50. The van der Waals surface area contributed by atoms with E-state index < -0.39 is 28.4 Å². The number of halogens is 4. The SMILES string of the molecule is Cc1ccc2[nH]c3nc(SCC(=O)Nc4cccc(Cl)c4C(F)(F)F)nnc3c2c1. The Morgan fingerprint density at radius 1 is 1.23 bits per heavy atom. The summed E-state index contributed by atoms with van der Waals surface area (Å²) in [6.45, 7) is 1.96. The molecule has 0 fully saturated rings. The molecule has 1 amide bonds. The summed E-state index contributed by atoms with van der Waals surface area (Å²) < 4.78 is 39.6. The molecule has 11 heteroatoms. The molecule has 4 rings (SSSR count). The number of nitrogens with one attached hydrogen (secondary N) is 2. The molecular formula is C19H13ClF3N5OS. The summed E-state index contributed by atoms with van der Waals surface area (Å²) in [5.74, 6) is -0.847. The van der Waals surface area contributed by atoms with E-state index in [0.29, 0.717) is 11.2 Å². The Labute approximate surface area is 177 Å². The fourth-order valence-corrected chi connectivity index (χ4v) is 3.83. The van der Waals surface area contributed by atoms with E-state index in [1.807, 2.05) is 25.1 Å². The molecule has 4 aromatic rings. The predicted molar refractivity (Wildman–Crippen MR) is 110 cm³/mol. The van der Waals surface area contributed by atoms with E-state index in [9.17, 15) is 18.0 Å². The van der Waals surface area contributed by atoms with E-state index in [-0.39, 0.29) is 10.9 Å². The lowest BCUT2D eigenvalue weighted by atomic mass is 10.1. The number of rotatable bonds is 4. The van der Waals surface area contributed by atoms with Gasteiger partial charge < -0.3 is 10.3 Å². The maximum atomic E-state index is 13.2. The van der Waals surface area contributed by atoms with Crippen LogP contribution in [0.15, 0.2) is 41.6 Å². The normalized spacial score (nSPS) is 11.9. The number of hydrogen-bond acceptors (Lipinski definition) is 5. The average Bonchev–Trinajstić information content (AvgIpc) is 3.02. The Kier molecular flexibility index (Phi) is 5.29. The van der Waals surface area contributed by atoms with Gasteiger partial charge in [0.15, 0.2) is 5.65 Å². The van der Waals surface area contributed by atoms with Crippen LogP contribution in [0.5, 0.6) is 0 Å². The molecule has 0 saturated heterocycles. The maximum absolute atomic E-state index is 13.2. The first-order valence-corrected chi connectivity index (χ1v) is 10.00. The van der Waals surface area contributed by atoms with Crippen LogP contribution in [-0.4, -0.2) is 31.8 Å². The van der Waals surface area contributed by atoms with Crippen LogP contribution >= 0.6 is 23.4 Å². The van der Waals surface area contributed by atoms with Crippen molar-refractivity contribution in [2.75, 3.05) is 11.1 Å². The molecule has 0 aliphatic heterocycles. The minimum absolute atomic E-state index is 0.198. The Morgan fingerprint density at radius 3 is 2.80 bits per heavy atom. The molecule has 0 radical (unpaired) electrons. The van der Waals surface area contributed by atoms with Crippen LogP contribution in [0, 0.1) is 6.92 Å². The lowest BCUT2D eigenvalue weighted by Crippen LogP contribution is -2.18. The standard InChI is InChI=1S/C19H13ClF3N5OS/c1-9-5-6-12-10(7-9)16-17(25-12)26-18(28-27-16)30-8-14(29)24-13-4-2-3-11(20)15(13)19(21,22)23/h2-7H,8H2,1H3,(H,24,29)(H,25,26,28). The number of carbonyl (C=O) groups excluding carboxylic acids is 1. The molecule has 0 spiro atoms. The minimum Gasteiger partial charge on any atom is -0.338 e. The van der Waals surface area contributed by atoms with Crippen molar-refractivity contribution in [3.8, 4) is 0 Å². The zero-order valence-corrected chi connectivity index (χ0v) is 16.9. The predicted octanol–water partition coefficient (Wildman–Crippen LogP) is 5.22. The number of fused-ring (bicyclic) bond motifs is 3. The Hall–Kier alpha value is -2.85. The molecule has 0 bridgehead atoms. The van der Waals surface area contributed by atoms with E-state index in [1.165, 1.54) is 6.07 Å². The number of aryl methyl sites for hydroxylation is 1. The summed E-state index contributed by atoms with van der Waals surface area (Å²) in [4.78, 5) is 19.7. The third-order valence-corrected chi connectivity index (χ3v) is 5.41. The van der Waals surface area contributed by atoms with Crippen molar-refractivity contribution < 1.29 is 18.0 Å². The number of amides is 1. The summed E-state index contributed by atoms with van der Waals surface area (Å²) in [7, 11) is 0. The van der Waals surface area contributed by atoms with Crippen molar-refractivity contribution in [2.24, 2.45) is 0 Å². The molecule has 0 unspecified atom stereocenters. The zero-order valence-electron chi connectivity index (χ0n) is 15.3. The van der Waals surface area contributed by atoms with Crippen molar-refractivity contribution in [2.45, 2.75) is 18.3 Å². The Morgan fingerprint density at radius 2 is 2.03 bits per heavy atom. The molecule has 2 aromatic carbocycles. The van der Waals surface area contributed by atoms with Gasteiger partial charge in [0.05, 0.1) is 22.0 Å². The van der Waals surface area contributed by atoms with Gasteiger partial charge in [-0.2, -0.15) is 13.2 Å². The summed E-state index contributed by atoms with van der Waals surface area (Å²) in [5.41, 5.74) is 1.57. The van der Waals surface area contributed by atoms with Gasteiger partial charge in [0, 0.05) is 10.9 Å². The second-order valence-electron chi connectivity index (χ2n) is 6.46. The van der Waals surface area contributed by atoms with Crippen LogP contribution in [0.25, 0.3) is 22.1 Å². The van der Waals surface area contributed by atoms with Gasteiger partial charge in [-0.05, 0) is 31.2 Å². The fraction of sp³-hybridized carbons (Fsp3) is 0.158. The van der Waals surface area contributed by atoms with Crippen molar-refractivity contribution in [1.29, 1.82) is 0 Å². The molecule has 154 valence electrons. The van der Waals surface area contributed by atoms with E-state index >= 15 is 0 Å². The number of nitrogens with zero attached hydrogens (tertiary/aromatic N) is 3. The first-order valence-electron chi connectivity index (χ1n) is 8.63. The van der Waals surface area contributed by atoms with Crippen LogP contribution in [-0.2, 0) is 11.0 Å². The summed E-state index contributed by atoms with van der Waals surface area (Å²) in [6, 6.07) is 9.43. The molecule has 2 aromatic heterocycles. The number of aromatic amines is 1. The molecule has 0 atom stereocenters. The van der Waals surface area contributed by atoms with Crippen LogP contribution < -0.4 is 5.32 Å². The van der Waals surface area contributed by atoms with E-state index in [2.05, 4.69) is 25.5 Å². The van der Waals surface area contributed by atoms with Crippen molar-refractivity contribution in [1.82, 2.24) is 20.2 Å². The molecule has 0 aliphatic carbocycles. The number of thioether (sulfide) groups is 1. The van der Waals surface area contributed by atoms with Gasteiger partial charge in [0.2, 0.25) is 11.1 Å². The van der Waals surface area contributed by atoms with Crippen LogP contribution in [0.3, 0.4) is 0 Å². The van der Waals surface area contributed by atoms with Gasteiger partial charge in [-0.25, -0.2) is 4.98 Å². The number of carbonyl (C=O) groups is 1. The average molecular weight is 452 g/mol. The minimum atomic E-state index is -4.69. The summed E-state index contributed by atoms with van der Waals surface area (Å²) >= 11 is 6.62. The molecule has 6 nitrogen and oxygen atoms in total. The number of benzene rings is 2. The monoisotopic (exact) mass is 451 g/mol. The first kappa shape index (κ1) is 20.4. The van der Waals surface area contributed by atoms with E-state index in [4.69, 9.17) is 11.6 Å². The summed E-state index contributed by atoms with van der Waals surface area (Å²) in [5, 5.41) is 11.1. The highest BCUT2D eigenvalue weighted by Crippen LogP contribution is 2.39. The molecule has 0 saturated carbocycles. The van der Waals surface area contributed by atoms with Gasteiger partial charge in [-0.1, -0.05) is 41.1 Å². The van der Waals surface area contributed by atoms with Crippen molar-refractivity contribution >= 4 is 57.0 Å². The van der Waals surface area contributed by atoms with Crippen molar-refractivity contribution in [3.63, 3.8) is 0 Å². The van der Waals surface area contributed by atoms with E-state index in [0.717, 1.165) is 40.4 Å². The molecule has 2 N–H and O–H groups in total.